The Morgan fingerprint density at radius 1 is 1.62 bits per heavy atom. The van der Waals surface area contributed by atoms with Crippen LogP contribution in [-0.2, 0) is 16.7 Å². The third-order valence-electron chi connectivity index (χ3n) is 2.07. The summed E-state index contributed by atoms with van der Waals surface area (Å²) in [5.41, 5.74) is 1.05. The fourth-order valence-electron chi connectivity index (χ4n) is 1.14. The van der Waals surface area contributed by atoms with E-state index in [4.69, 9.17) is 4.74 Å². The largest absolute Gasteiger partial charge is 0.373 e. The van der Waals surface area contributed by atoms with Crippen LogP contribution in [0.1, 0.15) is 26.5 Å². The second kappa shape index (κ2) is 2.80. The quantitative estimate of drug-likeness (QED) is 0.639. The van der Waals surface area contributed by atoms with E-state index in [1.165, 1.54) is 0 Å². The molecule has 4 nitrogen and oxygen atoms in total. The van der Waals surface area contributed by atoms with Crippen LogP contribution in [0.4, 0.5) is 0 Å². The Hall–Kier alpha value is -0.900. The lowest BCUT2D eigenvalue weighted by molar-refractivity contribution is 0.346. The van der Waals surface area contributed by atoms with Gasteiger partial charge in [0.2, 0.25) is 0 Å². The molecule has 0 N–H and O–H groups in total. The van der Waals surface area contributed by atoms with Crippen LogP contribution >= 0.6 is 0 Å². The highest BCUT2D eigenvalue weighted by Gasteiger charge is 2.25. The van der Waals surface area contributed by atoms with Crippen molar-refractivity contribution in [2.75, 3.05) is 6.61 Å². The fraction of sp³-hybridized carbons (Fsp3) is 0.778. The molecule has 0 radical (unpaired) electrons. The molecule has 1 aliphatic heterocycles. The molecule has 0 saturated carbocycles. The number of aromatic nitrogens is 3. The number of rotatable bonds is 2. The standard InChI is InChI=1S/C9H15N3O/c1-9(2,3)12-5-7(10-11-12)4-8-6-13-8/h5,8H,4,6H2,1-3H3. The highest BCUT2D eigenvalue weighted by atomic mass is 16.6. The van der Waals surface area contributed by atoms with Crippen molar-refractivity contribution in [1.82, 2.24) is 15.0 Å². The molecule has 0 aliphatic carbocycles. The van der Waals surface area contributed by atoms with Crippen molar-refractivity contribution in [2.45, 2.75) is 38.8 Å². The first-order valence-corrected chi connectivity index (χ1v) is 4.59. The maximum absolute atomic E-state index is 5.13. The molecule has 0 amide bonds. The van der Waals surface area contributed by atoms with Gasteiger partial charge in [-0.05, 0) is 20.8 Å². The zero-order valence-electron chi connectivity index (χ0n) is 8.32. The van der Waals surface area contributed by atoms with Crippen molar-refractivity contribution in [2.24, 2.45) is 0 Å². The van der Waals surface area contributed by atoms with Crippen molar-refractivity contribution >= 4 is 0 Å². The second-order valence-electron chi connectivity index (χ2n) is 4.48. The first-order valence-electron chi connectivity index (χ1n) is 4.59. The molecule has 1 unspecified atom stereocenters. The van der Waals surface area contributed by atoms with Gasteiger partial charge in [0, 0.05) is 12.6 Å². The highest BCUT2D eigenvalue weighted by Crippen LogP contribution is 2.16. The van der Waals surface area contributed by atoms with E-state index < -0.39 is 0 Å². The maximum atomic E-state index is 5.13. The number of hydrogen-bond acceptors (Lipinski definition) is 3. The van der Waals surface area contributed by atoms with Crippen LogP contribution in [-0.4, -0.2) is 27.7 Å². The van der Waals surface area contributed by atoms with Crippen molar-refractivity contribution in [3.05, 3.63) is 11.9 Å². The zero-order chi connectivity index (χ0) is 9.47. The minimum absolute atomic E-state index is 0.0235. The number of epoxide rings is 1. The van der Waals surface area contributed by atoms with E-state index in [1.807, 2.05) is 10.9 Å². The maximum Gasteiger partial charge on any atom is 0.0866 e. The van der Waals surface area contributed by atoms with Crippen molar-refractivity contribution in [3.63, 3.8) is 0 Å². The Kier molecular flexibility index (Phi) is 1.87. The van der Waals surface area contributed by atoms with Crippen LogP contribution < -0.4 is 0 Å². The average Bonchev–Trinajstić information content (AvgIpc) is 2.63. The third-order valence-corrected chi connectivity index (χ3v) is 2.07. The topological polar surface area (TPSA) is 43.2 Å². The lowest BCUT2D eigenvalue weighted by Gasteiger charge is -2.17. The van der Waals surface area contributed by atoms with E-state index in [-0.39, 0.29) is 5.54 Å². The Morgan fingerprint density at radius 3 is 2.77 bits per heavy atom. The first-order chi connectivity index (χ1) is 6.05. The van der Waals surface area contributed by atoms with Crippen molar-refractivity contribution in [3.8, 4) is 0 Å². The van der Waals surface area contributed by atoms with E-state index in [9.17, 15) is 0 Å². The predicted molar refractivity (Wildman–Crippen MR) is 48.5 cm³/mol. The molecule has 4 heteroatoms. The molecule has 0 spiro atoms. The summed E-state index contributed by atoms with van der Waals surface area (Å²) >= 11 is 0. The van der Waals surface area contributed by atoms with Gasteiger partial charge in [-0.1, -0.05) is 5.21 Å². The van der Waals surface area contributed by atoms with Crippen LogP contribution in [0, 0.1) is 0 Å². The van der Waals surface area contributed by atoms with Crippen LogP contribution in [0.15, 0.2) is 6.20 Å². The van der Waals surface area contributed by atoms with E-state index in [0.717, 1.165) is 18.7 Å². The lowest BCUT2D eigenvalue weighted by atomic mass is 10.1. The van der Waals surface area contributed by atoms with Gasteiger partial charge >= 0.3 is 0 Å². The normalized spacial score (nSPS) is 21.9. The molecule has 0 bridgehead atoms. The Bertz CT molecular complexity index is 296. The molecule has 72 valence electrons. The van der Waals surface area contributed by atoms with Gasteiger partial charge < -0.3 is 4.74 Å². The van der Waals surface area contributed by atoms with Gasteiger partial charge in [0.25, 0.3) is 0 Å². The molecule has 2 heterocycles. The van der Waals surface area contributed by atoms with Gasteiger partial charge in [-0.25, -0.2) is 4.68 Å². The zero-order valence-corrected chi connectivity index (χ0v) is 8.32. The minimum Gasteiger partial charge on any atom is -0.373 e. The van der Waals surface area contributed by atoms with Gasteiger partial charge in [0.15, 0.2) is 0 Å². The van der Waals surface area contributed by atoms with E-state index in [2.05, 4.69) is 31.1 Å². The highest BCUT2D eigenvalue weighted by molar-refractivity contribution is 4.98. The second-order valence-corrected chi connectivity index (χ2v) is 4.48. The molecular formula is C9H15N3O. The van der Waals surface area contributed by atoms with Gasteiger partial charge in [0.05, 0.1) is 23.9 Å². The Morgan fingerprint density at radius 2 is 2.31 bits per heavy atom. The summed E-state index contributed by atoms with van der Waals surface area (Å²) in [6, 6.07) is 0. The van der Waals surface area contributed by atoms with Gasteiger partial charge in [-0.15, -0.1) is 5.10 Å². The van der Waals surface area contributed by atoms with Crippen LogP contribution in [0.2, 0.25) is 0 Å². The van der Waals surface area contributed by atoms with Crippen LogP contribution in [0.25, 0.3) is 0 Å². The molecule has 0 aromatic carbocycles. The summed E-state index contributed by atoms with van der Waals surface area (Å²) < 4.78 is 7.02. The molecule has 2 rings (SSSR count). The summed E-state index contributed by atoms with van der Waals surface area (Å²) in [7, 11) is 0. The number of ether oxygens (including phenoxy) is 1. The first kappa shape index (κ1) is 8.69. The molecule has 1 fully saturated rings. The Labute approximate surface area is 77.9 Å². The molecule has 13 heavy (non-hydrogen) atoms. The predicted octanol–water partition coefficient (Wildman–Crippen LogP) is 0.974. The molecule has 1 aromatic rings. The fourth-order valence-corrected chi connectivity index (χ4v) is 1.14. The lowest BCUT2D eigenvalue weighted by Crippen LogP contribution is -2.22. The van der Waals surface area contributed by atoms with E-state index >= 15 is 0 Å². The monoisotopic (exact) mass is 181 g/mol. The van der Waals surface area contributed by atoms with Gasteiger partial charge in [-0.2, -0.15) is 0 Å². The van der Waals surface area contributed by atoms with E-state index in [1.54, 1.807) is 0 Å². The van der Waals surface area contributed by atoms with Crippen molar-refractivity contribution in [1.29, 1.82) is 0 Å². The smallest absolute Gasteiger partial charge is 0.0866 e. The molecule has 1 saturated heterocycles. The molecule has 1 atom stereocenters. The minimum atomic E-state index is 0.0235. The summed E-state index contributed by atoms with van der Waals surface area (Å²) in [5, 5.41) is 8.18. The average molecular weight is 181 g/mol. The molecule has 1 aliphatic rings. The van der Waals surface area contributed by atoms with Crippen LogP contribution in [0.3, 0.4) is 0 Å². The summed E-state index contributed by atoms with van der Waals surface area (Å²) in [5.74, 6) is 0. The number of hydrogen-bond donors (Lipinski definition) is 0. The summed E-state index contributed by atoms with van der Waals surface area (Å²) in [6.45, 7) is 7.21. The number of nitrogens with zero attached hydrogens (tertiary/aromatic N) is 3. The summed E-state index contributed by atoms with van der Waals surface area (Å²) in [6.07, 6.45) is 3.29. The van der Waals surface area contributed by atoms with Crippen LogP contribution in [0.5, 0.6) is 0 Å². The van der Waals surface area contributed by atoms with E-state index in [0.29, 0.717) is 6.10 Å². The van der Waals surface area contributed by atoms with Crippen molar-refractivity contribution < 1.29 is 4.74 Å². The summed E-state index contributed by atoms with van der Waals surface area (Å²) in [4.78, 5) is 0. The SMILES string of the molecule is CC(C)(C)n1cc(CC2CO2)nn1. The Balaban J connectivity index is 2.08. The molecular weight excluding hydrogens is 166 g/mol. The van der Waals surface area contributed by atoms with Gasteiger partial charge in [-0.3, -0.25) is 0 Å². The van der Waals surface area contributed by atoms with Gasteiger partial charge in [0.1, 0.15) is 0 Å². The third kappa shape index (κ3) is 2.06. The molecule has 1 aromatic heterocycles.